The maximum absolute atomic E-state index is 6.33. The van der Waals surface area contributed by atoms with Crippen molar-refractivity contribution in [1.82, 2.24) is 10.3 Å². The lowest BCUT2D eigenvalue weighted by Gasteiger charge is -2.45. The summed E-state index contributed by atoms with van der Waals surface area (Å²) in [7, 11) is 0. The van der Waals surface area contributed by atoms with E-state index in [1.807, 2.05) is 6.92 Å². The Hall–Kier alpha value is -0.880. The molecule has 0 unspecified atom stereocenters. The average Bonchev–Trinajstić information content (AvgIpc) is 3.04. The lowest BCUT2D eigenvalue weighted by molar-refractivity contribution is -0.0970. The molecular weight excluding hydrogens is 320 g/mol. The third-order valence-electron chi connectivity index (χ3n) is 4.70. The molecule has 0 amide bonds. The summed E-state index contributed by atoms with van der Waals surface area (Å²) in [4.78, 5) is 5.54. The van der Waals surface area contributed by atoms with Gasteiger partial charge in [0.05, 0.1) is 22.7 Å². The summed E-state index contributed by atoms with van der Waals surface area (Å²) in [6, 6.07) is 2.57. The van der Waals surface area contributed by atoms with Gasteiger partial charge in [-0.15, -0.1) is 11.3 Å². The van der Waals surface area contributed by atoms with E-state index >= 15 is 0 Å². The minimum atomic E-state index is -0.250. The van der Waals surface area contributed by atoms with Crippen molar-refractivity contribution in [2.24, 2.45) is 0 Å². The molecule has 0 aliphatic carbocycles. The summed E-state index contributed by atoms with van der Waals surface area (Å²) < 4.78 is 12.8. The fourth-order valence-corrected chi connectivity index (χ4v) is 5.34. The number of nitrogens with one attached hydrogen (secondary N) is 1. The molecule has 0 radical (unpaired) electrons. The Morgan fingerprint density at radius 1 is 1.45 bits per heavy atom. The number of ether oxygens (including phenoxy) is 1. The summed E-state index contributed by atoms with van der Waals surface area (Å²) in [5, 5.41) is 3.63. The molecule has 2 aliphatic heterocycles. The van der Waals surface area contributed by atoms with Crippen molar-refractivity contribution in [3.05, 3.63) is 38.7 Å². The van der Waals surface area contributed by atoms with E-state index in [2.05, 4.69) is 23.3 Å². The summed E-state index contributed by atoms with van der Waals surface area (Å²) in [6.45, 7) is 4.95. The van der Waals surface area contributed by atoms with E-state index in [9.17, 15) is 0 Å². The highest BCUT2D eigenvalue weighted by molar-refractivity contribution is 7.16. The second kappa shape index (κ2) is 5.34. The van der Waals surface area contributed by atoms with Crippen molar-refractivity contribution >= 4 is 22.9 Å². The smallest absolute Gasteiger partial charge is 0.181 e. The van der Waals surface area contributed by atoms with E-state index in [1.54, 1.807) is 11.3 Å². The van der Waals surface area contributed by atoms with E-state index in [0.717, 1.165) is 41.7 Å². The van der Waals surface area contributed by atoms with Gasteiger partial charge in [-0.25, -0.2) is 4.98 Å². The Balaban J connectivity index is 1.74. The number of aryl methyl sites for hydroxylation is 1. The van der Waals surface area contributed by atoms with Crippen LogP contribution >= 0.6 is 22.9 Å². The minimum absolute atomic E-state index is 0.123. The van der Waals surface area contributed by atoms with Crippen LogP contribution < -0.4 is 5.32 Å². The van der Waals surface area contributed by atoms with Crippen molar-refractivity contribution < 1.29 is 9.15 Å². The minimum Gasteiger partial charge on any atom is -0.447 e. The largest absolute Gasteiger partial charge is 0.447 e. The average molecular weight is 339 g/mol. The number of hydrogen-bond acceptors (Lipinski definition) is 5. The predicted molar refractivity (Wildman–Crippen MR) is 86.5 cm³/mol. The van der Waals surface area contributed by atoms with Crippen molar-refractivity contribution in [2.45, 2.75) is 50.8 Å². The van der Waals surface area contributed by atoms with E-state index in [4.69, 9.17) is 20.8 Å². The molecule has 0 saturated carbocycles. The molecule has 1 saturated heterocycles. The number of rotatable bonds is 1. The molecule has 118 valence electrons. The molecule has 4 rings (SSSR count). The van der Waals surface area contributed by atoms with Crippen LogP contribution in [0.4, 0.5) is 0 Å². The molecule has 4 heterocycles. The molecule has 1 N–H and O–H groups in total. The molecule has 2 aromatic heterocycles. The molecular formula is C16H19ClN2O2S. The van der Waals surface area contributed by atoms with Gasteiger partial charge in [0.25, 0.3) is 0 Å². The maximum Gasteiger partial charge on any atom is 0.181 e. The first-order valence-electron chi connectivity index (χ1n) is 7.66. The molecule has 4 nitrogen and oxygen atoms in total. The first kappa shape index (κ1) is 14.7. The Morgan fingerprint density at radius 3 is 3.09 bits per heavy atom. The van der Waals surface area contributed by atoms with E-state index in [0.29, 0.717) is 6.04 Å². The Bertz CT molecular complexity index is 698. The molecule has 1 fully saturated rings. The number of oxazole rings is 1. The van der Waals surface area contributed by atoms with Gasteiger partial charge in [0.2, 0.25) is 0 Å². The Kier molecular flexibility index (Phi) is 3.57. The molecule has 1 spiro atoms. The van der Waals surface area contributed by atoms with Crippen LogP contribution in [0.5, 0.6) is 0 Å². The summed E-state index contributed by atoms with van der Waals surface area (Å²) in [6.07, 6.45) is 4.29. The van der Waals surface area contributed by atoms with Gasteiger partial charge in [-0.1, -0.05) is 11.6 Å². The normalized spacial score (nSPS) is 31.4. The first-order valence-corrected chi connectivity index (χ1v) is 8.85. The van der Waals surface area contributed by atoms with Gasteiger partial charge in [0, 0.05) is 17.3 Å². The van der Waals surface area contributed by atoms with Gasteiger partial charge < -0.3 is 14.5 Å². The number of fused-ring (bicyclic) bond motifs is 2. The van der Waals surface area contributed by atoms with Crippen LogP contribution in [0.2, 0.25) is 4.34 Å². The summed E-state index contributed by atoms with van der Waals surface area (Å²) in [5.74, 6) is 0.921. The van der Waals surface area contributed by atoms with Crippen LogP contribution in [0.25, 0.3) is 0 Å². The number of halogens is 1. The van der Waals surface area contributed by atoms with Crippen molar-refractivity contribution in [1.29, 1.82) is 0 Å². The van der Waals surface area contributed by atoms with Gasteiger partial charge in [-0.2, -0.15) is 0 Å². The third kappa shape index (κ3) is 2.31. The summed E-state index contributed by atoms with van der Waals surface area (Å²) >= 11 is 7.94. The van der Waals surface area contributed by atoms with Gasteiger partial charge in [0.1, 0.15) is 11.4 Å². The van der Waals surface area contributed by atoms with Gasteiger partial charge >= 0.3 is 0 Å². The highest BCUT2D eigenvalue weighted by Gasteiger charge is 2.47. The zero-order chi connectivity index (χ0) is 15.3. The fraction of sp³-hybridized carbons (Fsp3) is 0.562. The number of aromatic nitrogens is 1. The molecule has 6 heteroatoms. The molecule has 2 aromatic rings. The molecule has 22 heavy (non-hydrogen) atoms. The highest BCUT2D eigenvalue weighted by Crippen LogP contribution is 2.50. The lowest BCUT2D eigenvalue weighted by Crippen LogP contribution is -2.49. The second-order valence-corrected chi connectivity index (χ2v) is 8.01. The quantitative estimate of drug-likeness (QED) is 0.854. The zero-order valence-corrected chi connectivity index (χ0v) is 14.3. The standard InChI is InChI=1S/C16H19ClN2O2S/c1-9-6-16(7-12(19-9)14-10(2)18-8-20-14)15-11(3-4-21-16)5-13(17)22-15/h5,8-9,12,19H,3-4,6-7H2,1-2H3/t9-,12-,16-/m0/s1. The molecule has 2 aliphatic rings. The van der Waals surface area contributed by atoms with E-state index < -0.39 is 0 Å². The van der Waals surface area contributed by atoms with Crippen molar-refractivity contribution in [2.75, 3.05) is 6.61 Å². The van der Waals surface area contributed by atoms with E-state index in [1.165, 1.54) is 16.8 Å². The van der Waals surface area contributed by atoms with Crippen molar-refractivity contribution in [3.63, 3.8) is 0 Å². The van der Waals surface area contributed by atoms with Crippen molar-refractivity contribution in [3.8, 4) is 0 Å². The van der Waals surface area contributed by atoms with Gasteiger partial charge in [-0.3, -0.25) is 0 Å². The number of nitrogens with zero attached hydrogens (tertiary/aromatic N) is 1. The van der Waals surface area contributed by atoms with Crippen LogP contribution in [-0.2, 0) is 16.8 Å². The monoisotopic (exact) mass is 338 g/mol. The summed E-state index contributed by atoms with van der Waals surface area (Å²) in [5.41, 5.74) is 2.05. The zero-order valence-electron chi connectivity index (χ0n) is 12.7. The SMILES string of the molecule is Cc1ncoc1[C@@H]1C[C@]2(C[C@H](C)N1)OCCc1cc(Cl)sc12. The Labute approximate surface area is 138 Å². The number of thiophene rings is 1. The van der Waals surface area contributed by atoms with Crippen LogP contribution in [0.15, 0.2) is 16.9 Å². The molecule has 0 aromatic carbocycles. The van der Waals surface area contributed by atoms with Crippen LogP contribution in [0.3, 0.4) is 0 Å². The number of piperidine rings is 1. The van der Waals surface area contributed by atoms with Crippen LogP contribution in [-0.4, -0.2) is 17.6 Å². The third-order valence-corrected chi connectivity index (χ3v) is 6.19. The maximum atomic E-state index is 6.33. The topological polar surface area (TPSA) is 47.3 Å². The lowest BCUT2D eigenvalue weighted by atomic mass is 9.79. The van der Waals surface area contributed by atoms with Crippen LogP contribution in [0, 0.1) is 6.92 Å². The second-order valence-electron chi connectivity index (χ2n) is 6.33. The fourth-order valence-electron chi connectivity index (χ4n) is 3.87. The first-order chi connectivity index (χ1) is 10.6. The van der Waals surface area contributed by atoms with Gasteiger partial charge in [-0.05, 0) is 38.3 Å². The predicted octanol–water partition coefficient (Wildman–Crippen LogP) is 3.98. The Morgan fingerprint density at radius 2 is 2.32 bits per heavy atom. The molecule has 3 atom stereocenters. The van der Waals surface area contributed by atoms with Gasteiger partial charge in [0.15, 0.2) is 6.39 Å². The van der Waals surface area contributed by atoms with E-state index in [-0.39, 0.29) is 11.6 Å². The number of hydrogen-bond donors (Lipinski definition) is 1. The van der Waals surface area contributed by atoms with Crippen LogP contribution in [0.1, 0.15) is 47.7 Å². The molecule has 0 bridgehead atoms. The highest BCUT2D eigenvalue weighted by atomic mass is 35.5.